The normalized spacial score (nSPS) is 17.8. The quantitative estimate of drug-likeness (QED) is 0.770. The Morgan fingerprint density at radius 3 is 3.30 bits per heavy atom. The number of fused-ring (bicyclic) bond motifs is 2. The highest BCUT2D eigenvalue weighted by molar-refractivity contribution is 7.15. The summed E-state index contributed by atoms with van der Waals surface area (Å²) in [5.74, 6) is 0.435. The summed E-state index contributed by atoms with van der Waals surface area (Å²) in [6.45, 7) is 1.36. The van der Waals surface area contributed by atoms with Crippen LogP contribution in [0.4, 0.5) is 0 Å². The molecule has 1 N–H and O–H groups in total. The molecule has 1 amide bonds. The molecule has 0 aliphatic carbocycles. The Morgan fingerprint density at radius 2 is 2.39 bits per heavy atom. The van der Waals surface area contributed by atoms with Crippen LogP contribution in [0, 0.1) is 0 Å². The number of imidazole rings is 1. The molecular weight excluding hydrogens is 314 g/mol. The summed E-state index contributed by atoms with van der Waals surface area (Å²) in [6.07, 6.45) is 7.52. The Bertz CT molecular complexity index is 791. The van der Waals surface area contributed by atoms with E-state index in [-0.39, 0.29) is 11.8 Å². The zero-order valence-corrected chi connectivity index (χ0v) is 13.4. The van der Waals surface area contributed by atoms with E-state index >= 15 is 0 Å². The van der Waals surface area contributed by atoms with Gasteiger partial charge in [0.05, 0.1) is 11.6 Å². The maximum atomic E-state index is 12.5. The number of aryl methyl sites for hydroxylation is 1. The molecule has 3 aromatic heterocycles. The maximum absolute atomic E-state index is 12.5. The maximum Gasteiger partial charge on any atom is 0.230 e. The third-order valence-corrected chi connectivity index (χ3v) is 4.89. The van der Waals surface area contributed by atoms with Crippen molar-refractivity contribution in [2.45, 2.75) is 38.1 Å². The zero-order valence-electron chi connectivity index (χ0n) is 12.6. The van der Waals surface area contributed by atoms with Gasteiger partial charge in [0, 0.05) is 37.3 Å². The Labute approximate surface area is 136 Å². The van der Waals surface area contributed by atoms with Crippen molar-refractivity contribution in [2.24, 2.45) is 0 Å². The molecule has 4 heterocycles. The van der Waals surface area contributed by atoms with Gasteiger partial charge in [-0.1, -0.05) is 6.42 Å². The fourth-order valence-electron chi connectivity index (χ4n) is 2.94. The van der Waals surface area contributed by atoms with Crippen LogP contribution in [0.3, 0.4) is 0 Å². The van der Waals surface area contributed by atoms with Crippen molar-refractivity contribution in [2.75, 3.05) is 6.54 Å². The smallest absolute Gasteiger partial charge is 0.230 e. The number of tetrazole rings is 1. The van der Waals surface area contributed by atoms with Crippen molar-refractivity contribution in [3.8, 4) is 0 Å². The fraction of sp³-hybridized carbons (Fsp3) is 0.500. The summed E-state index contributed by atoms with van der Waals surface area (Å²) >= 11 is 1.61. The van der Waals surface area contributed by atoms with Crippen LogP contribution in [-0.4, -0.2) is 42.0 Å². The van der Waals surface area contributed by atoms with Gasteiger partial charge in [-0.2, -0.15) is 0 Å². The minimum atomic E-state index is -0.252. The van der Waals surface area contributed by atoms with Gasteiger partial charge in [0.25, 0.3) is 0 Å². The van der Waals surface area contributed by atoms with Crippen LogP contribution in [0.25, 0.3) is 4.96 Å². The number of carbonyl (C=O) groups is 1. The minimum Gasteiger partial charge on any atom is -0.355 e. The average molecular weight is 331 g/mol. The van der Waals surface area contributed by atoms with Crippen LogP contribution >= 0.6 is 11.3 Å². The van der Waals surface area contributed by atoms with Gasteiger partial charge in [0.2, 0.25) is 5.91 Å². The van der Waals surface area contributed by atoms with Crippen LogP contribution in [0.1, 0.15) is 36.7 Å². The van der Waals surface area contributed by atoms with Crippen molar-refractivity contribution < 1.29 is 4.79 Å². The third-order valence-electron chi connectivity index (χ3n) is 4.12. The van der Waals surface area contributed by atoms with E-state index in [1.165, 1.54) is 0 Å². The highest BCUT2D eigenvalue weighted by atomic mass is 32.1. The molecule has 1 aliphatic heterocycles. The fourth-order valence-corrected chi connectivity index (χ4v) is 3.66. The largest absolute Gasteiger partial charge is 0.355 e. The predicted molar refractivity (Wildman–Crippen MR) is 84.2 cm³/mol. The highest BCUT2D eigenvalue weighted by Crippen LogP contribution is 2.23. The van der Waals surface area contributed by atoms with E-state index in [0.29, 0.717) is 12.4 Å². The number of nitrogens with zero attached hydrogens (tertiary/aromatic N) is 6. The molecule has 8 nitrogen and oxygen atoms in total. The Hall–Kier alpha value is -2.29. The molecule has 1 atom stereocenters. The van der Waals surface area contributed by atoms with Crippen LogP contribution in [0.2, 0.25) is 0 Å². The molecule has 23 heavy (non-hydrogen) atoms. The van der Waals surface area contributed by atoms with Crippen LogP contribution < -0.4 is 5.32 Å². The van der Waals surface area contributed by atoms with Crippen molar-refractivity contribution in [1.29, 1.82) is 0 Å². The first-order chi connectivity index (χ1) is 11.3. The first-order valence-electron chi connectivity index (χ1n) is 7.76. The molecule has 0 bridgehead atoms. The molecule has 0 aromatic carbocycles. The second kappa shape index (κ2) is 6.07. The minimum absolute atomic E-state index is 0.00368. The first kappa shape index (κ1) is 14.3. The third kappa shape index (κ3) is 2.83. The Morgan fingerprint density at radius 1 is 1.43 bits per heavy atom. The second-order valence-corrected chi connectivity index (χ2v) is 6.55. The lowest BCUT2D eigenvalue weighted by molar-refractivity contribution is -0.122. The standard InChI is InChI=1S/C14H17N7OS/c22-13(11-3-1-2-6-21-12(11)17-18-19-21)15-5-4-10-9-20-7-8-23-14(20)16-10/h7-9,11H,1-6H2,(H,15,22). The van der Waals surface area contributed by atoms with Crippen LogP contribution in [-0.2, 0) is 17.8 Å². The molecule has 0 radical (unpaired) electrons. The number of aromatic nitrogens is 6. The number of nitrogens with one attached hydrogen (secondary N) is 1. The molecule has 0 saturated carbocycles. The van der Waals surface area contributed by atoms with Gasteiger partial charge in [-0.15, -0.1) is 16.4 Å². The number of carbonyl (C=O) groups excluding carboxylic acids is 1. The van der Waals surface area contributed by atoms with Gasteiger partial charge >= 0.3 is 0 Å². The Balaban J connectivity index is 1.37. The number of rotatable bonds is 4. The monoisotopic (exact) mass is 331 g/mol. The number of hydrogen-bond acceptors (Lipinski definition) is 6. The van der Waals surface area contributed by atoms with Crippen molar-refractivity contribution >= 4 is 22.2 Å². The lowest BCUT2D eigenvalue weighted by atomic mass is 10.0. The molecule has 4 rings (SSSR count). The second-order valence-electron chi connectivity index (χ2n) is 5.67. The van der Waals surface area contributed by atoms with Crippen LogP contribution in [0.5, 0.6) is 0 Å². The molecule has 9 heteroatoms. The lowest BCUT2D eigenvalue weighted by Crippen LogP contribution is -2.32. The topological polar surface area (TPSA) is 90.0 Å². The molecule has 0 saturated heterocycles. The molecule has 0 spiro atoms. The number of thiazole rings is 1. The molecule has 1 aliphatic rings. The summed E-state index contributed by atoms with van der Waals surface area (Å²) in [5, 5.41) is 16.7. The summed E-state index contributed by atoms with van der Waals surface area (Å²) in [6, 6.07) is 0. The summed E-state index contributed by atoms with van der Waals surface area (Å²) < 4.78 is 3.75. The van der Waals surface area contributed by atoms with Gasteiger partial charge in [-0.3, -0.25) is 9.20 Å². The SMILES string of the molecule is O=C(NCCc1cn2ccsc2n1)C1CCCCn2nnnc21. The summed E-state index contributed by atoms with van der Waals surface area (Å²) in [5.41, 5.74) is 0.989. The van der Waals surface area contributed by atoms with Gasteiger partial charge in [0.15, 0.2) is 10.8 Å². The zero-order chi connectivity index (χ0) is 15.6. The average Bonchev–Trinajstić information content (AvgIpc) is 3.21. The molecule has 1 unspecified atom stereocenters. The molecule has 0 fully saturated rings. The van der Waals surface area contributed by atoms with E-state index in [1.807, 2.05) is 22.2 Å². The number of amides is 1. The van der Waals surface area contributed by atoms with Crippen LogP contribution in [0.15, 0.2) is 17.8 Å². The van der Waals surface area contributed by atoms with E-state index in [2.05, 4.69) is 25.8 Å². The highest BCUT2D eigenvalue weighted by Gasteiger charge is 2.28. The number of hydrogen-bond donors (Lipinski definition) is 1. The van der Waals surface area contributed by atoms with E-state index in [4.69, 9.17) is 0 Å². The van der Waals surface area contributed by atoms with E-state index in [1.54, 1.807) is 16.0 Å². The van der Waals surface area contributed by atoms with Gasteiger partial charge < -0.3 is 5.32 Å². The van der Waals surface area contributed by atoms with Crippen molar-refractivity contribution in [3.63, 3.8) is 0 Å². The van der Waals surface area contributed by atoms with Crippen molar-refractivity contribution in [1.82, 2.24) is 34.9 Å². The van der Waals surface area contributed by atoms with E-state index in [9.17, 15) is 4.79 Å². The van der Waals surface area contributed by atoms with Gasteiger partial charge in [-0.05, 0) is 23.3 Å². The lowest BCUT2D eigenvalue weighted by Gasteiger charge is -2.12. The molecular formula is C14H17N7OS. The van der Waals surface area contributed by atoms with Crippen molar-refractivity contribution in [3.05, 3.63) is 29.3 Å². The molecule has 120 valence electrons. The van der Waals surface area contributed by atoms with Gasteiger partial charge in [-0.25, -0.2) is 9.67 Å². The van der Waals surface area contributed by atoms with E-state index in [0.717, 1.165) is 42.9 Å². The van der Waals surface area contributed by atoms with Gasteiger partial charge in [0.1, 0.15) is 0 Å². The first-order valence-corrected chi connectivity index (χ1v) is 8.64. The predicted octanol–water partition coefficient (Wildman–Crippen LogP) is 1.01. The molecule has 3 aromatic rings. The summed E-state index contributed by atoms with van der Waals surface area (Å²) in [7, 11) is 0. The summed E-state index contributed by atoms with van der Waals surface area (Å²) in [4.78, 5) is 18.0. The Kier molecular flexibility index (Phi) is 3.78. The van der Waals surface area contributed by atoms with E-state index < -0.39 is 0 Å².